The topological polar surface area (TPSA) is 74.7 Å². The maximum Gasteiger partial charge on any atom is 0.253 e. The average Bonchev–Trinajstić information content (AvgIpc) is 2.86. The summed E-state index contributed by atoms with van der Waals surface area (Å²) in [5, 5.41) is 9.54. The van der Waals surface area contributed by atoms with E-state index in [9.17, 15) is 18.3 Å². The van der Waals surface area contributed by atoms with Crippen LogP contribution in [0.4, 0.5) is 0 Å². The molecule has 1 aromatic carbocycles. The zero-order valence-corrected chi connectivity index (χ0v) is 12.4. The molecule has 1 heterocycles. The normalized spacial score (nSPS) is 20.9. The van der Waals surface area contributed by atoms with Gasteiger partial charge in [0.15, 0.2) is 9.84 Å². The van der Waals surface area contributed by atoms with Gasteiger partial charge in [-0.15, -0.1) is 0 Å². The number of nitrogens with zero attached hydrogens (tertiary/aromatic N) is 1. The minimum absolute atomic E-state index is 0.117. The van der Waals surface area contributed by atoms with Gasteiger partial charge in [0.2, 0.25) is 0 Å². The highest BCUT2D eigenvalue weighted by Gasteiger charge is 2.29. The average molecular weight is 297 g/mol. The van der Waals surface area contributed by atoms with Crippen LogP contribution in [-0.4, -0.2) is 49.8 Å². The van der Waals surface area contributed by atoms with Gasteiger partial charge in [0, 0.05) is 30.8 Å². The van der Waals surface area contributed by atoms with Gasteiger partial charge in [0.25, 0.3) is 5.91 Å². The Bertz CT molecular complexity index is 592. The van der Waals surface area contributed by atoms with Crippen LogP contribution in [0.3, 0.4) is 0 Å². The van der Waals surface area contributed by atoms with Gasteiger partial charge < -0.3 is 10.0 Å². The Balaban J connectivity index is 2.11. The fourth-order valence-electron chi connectivity index (χ4n) is 2.39. The number of rotatable bonds is 3. The van der Waals surface area contributed by atoms with Gasteiger partial charge in [-0.1, -0.05) is 0 Å². The number of sulfone groups is 1. The van der Waals surface area contributed by atoms with Crippen molar-refractivity contribution in [3.63, 3.8) is 0 Å². The standard InChI is InChI=1S/C14H19NO4S/c1-10(16)12-7-8-15(9-12)14(17)11-3-5-13(6-4-11)20(2,18)19/h3-6,10,12,16H,7-9H2,1-2H3. The fourth-order valence-corrected chi connectivity index (χ4v) is 3.02. The van der Waals surface area contributed by atoms with E-state index in [1.54, 1.807) is 11.8 Å². The lowest BCUT2D eigenvalue weighted by atomic mass is 10.0. The van der Waals surface area contributed by atoms with Crippen molar-refractivity contribution >= 4 is 15.7 Å². The van der Waals surface area contributed by atoms with Crippen LogP contribution in [0.15, 0.2) is 29.2 Å². The van der Waals surface area contributed by atoms with E-state index in [1.165, 1.54) is 24.3 Å². The van der Waals surface area contributed by atoms with Crippen LogP contribution in [0, 0.1) is 5.92 Å². The fraction of sp³-hybridized carbons (Fsp3) is 0.500. The molecule has 0 aliphatic carbocycles. The predicted molar refractivity (Wildman–Crippen MR) is 75.2 cm³/mol. The number of carbonyl (C=O) groups excluding carboxylic acids is 1. The number of benzene rings is 1. The van der Waals surface area contributed by atoms with Gasteiger partial charge >= 0.3 is 0 Å². The molecule has 1 aliphatic rings. The van der Waals surface area contributed by atoms with E-state index in [0.29, 0.717) is 18.7 Å². The Kier molecular flexibility index (Phi) is 4.15. The number of aliphatic hydroxyl groups is 1. The highest BCUT2D eigenvalue weighted by atomic mass is 32.2. The molecule has 5 nitrogen and oxygen atoms in total. The van der Waals surface area contributed by atoms with Crippen LogP contribution in [0.5, 0.6) is 0 Å². The van der Waals surface area contributed by atoms with E-state index < -0.39 is 15.9 Å². The molecule has 1 N–H and O–H groups in total. The molecule has 6 heteroatoms. The Morgan fingerprint density at radius 1 is 1.35 bits per heavy atom. The zero-order valence-electron chi connectivity index (χ0n) is 11.6. The van der Waals surface area contributed by atoms with Crippen molar-refractivity contribution < 1.29 is 18.3 Å². The molecule has 1 fully saturated rings. The van der Waals surface area contributed by atoms with E-state index in [2.05, 4.69) is 0 Å². The van der Waals surface area contributed by atoms with Crippen molar-refractivity contribution in [2.45, 2.75) is 24.3 Å². The lowest BCUT2D eigenvalue weighted by molar-refractivity contribution is 0.0762. The minimum Gasteiger partial charge on any atom is -0.393 e. The Hall–Kier alpha value is -1.40. The number of amides is 1. The smallest absolute Gasteiger partial charge is 0.253 e. The predicted octanol–water partition coefficient (Wildman–Crippen LogP) is 0.933. The Labute approximate surface area is 119 Å². The lowest BCUT2D eigenvalue weighted by Crippen LogP contribution is -2.30. The summed E-state index contributed by atoms with van der Waals surface area (Å²) >= 11 is 0. The highest BCUT2D eigenvalue weighted by Crippen LogP contribution is 2.22. The number of hydrogen-bond acceptors (Lipinski definition) is 4. The van der Waals surface area contributed by atoms with Crippen molar-refractivity contribution in [1.29, 1.82) is 0 Å². The van der Waals surface area contributed by atoms with Crippen LogP contribution in [-0.2, 0) is 9.84 Å². The first-order valence-corrected chi connectivity index (χ1v) is 8.45. The lowest BCUT2D eigenvalue weighted by Gasteiger charge is -2.17. The summed E-state index contributed by atoms with van der Waals surface area (Å²) in [4.78, 5) is 14.2. The van der Waals surface area contributed by atoms with Crippen LogP contribution in [0.1, 0.15) is 23.7 Å². The molecule has 2 atom stereocenters. The summed E-state index contributed by atoms with van der Waals surface area (Å²) in [5.74, 6) is 0.00226. The van der Waals surface area contributed by atoms with Crippen LogP contribution in [0.2, 0.25) is 0 Å². The second-order valence-electron chi connectivity index (χ2n) is 5.34. The maximum absolute atomic E-state index is 12.3. The quantitative estimate of drug-likeness (QED) is 0.901. The monoisotopic (exact) mass is 297 g/mol. The largest absolute Gasteiger partial charge is 0.393 e. The summed E-state index contributed by atoms with van der Waals surface area (Å²) < 4.78 is 22.7. The molecule has 1 aromatic rings. The first-order chi connectivity index (χ1) is 9.29. The Morgan fingerprint density at radius 3 is 2.40 bits per heavy atom. The third-order valence-electron chi connectivity index (χ3n) is 3.72. The van der Waals surface area contributed by atoms with E-state index in [-0.39, 0.29) is 16.7 Å². The third kappa shape index (κ3) is 3.19. The summed E-state index contributed by atoms with van der Waals surface area (Å²) in [5.41, 5.74) is 0.476. The zero-order chi connectivity index (χ0) is 14.9. The molecule has 0 saturated carbocycles. The van der Waals surface area contributed by atoms with Crippen molar-refractivity contribution in [1.82, 2.24) is 4.90 Å². The first-order valence-electron chi connectivity index (χ1n) is 6.56. The van der Waals surface area contributed by atoms with Crippen LogP contribution in [0.25, 0.3) is 0 Å². The number of aliphatic hydroxyl groups excluding tert-OH is 1. The molecule has 1 aliphatic heterocycles. The second kappa shape index (κ2) is 5.54. The van der Waals surface area contributed by atoms with Gasteiger partial charge in [-0.25, -0.2) is 8.42 Å². The van der Waals surface area contributed by atoms with E-state index in [1.807, 2.05) is 0 Å². The van der Waals surface area contributed by atoms with E-state index >= 15 is 0 Å². The molecule has 2 rings (SSSR count). The van der Waals surface area contributed by atoms with Gasteiger partial charge in [-0.2, -0.15) is 0 Å². The second-order valence-corrected chi connectivity index (χ2v) is 7.35. The molecule has 110 valence electrons. The van der Waals surface area contributed by atoms with Gasteiger partial charge in [0.1, 0.15) is 0 Å². The minimum atomic E-state index is -3.24. The van der Waals surface area contributed by atoms with Crippen LogP contribution >= 0.6 is 0 Å². The van der Waals surface area contributed by atoms with Crippen molar-refractivity contribution in [2.24, 2.45) is 5.92 Å². The molecular weight excluding hydrogens is 278 g/mol. The molecule has 1 saturated heterocycles. The number of likely N-dealkylation sites (tertiary alicyclic amines) is 1. The summed E-state index contributed by atoms with van der Waals surface area (Å²) in [6, 6.07) is 5.97. The summed E-state index contributed by atoms with van der Waals surface area (Å²) in [7, 11) is -3.24. The van der Waals surface area contributed by atoms with Crippen molar-refractivity contribution in [3.05, 3.63) is 29.8 Å². The van der Waals surface area contributed by atoms with E-state index in [0.717, 1.165) is 12.7 Å². The summed E-state index contributed by atoms with van der Waals surface area (Å²) in [6.45, 7) is 2.91. The first kappa shape index (κ1) is 15.0. The van der Waals surface area contributed by atoms with Gasteiger partial charge in [0.05, 0.1) is 11.0 Å². The third-order valence-corrected chi connectivity index (χ3v) is 4.85. The van der Waals surface area contributed by atoms with E-state index in [4.69, 9.17) is 0 Å². The molecule has 0 bridgehead atoms. The SMILES string of the molecule is CC(O)C1CCN(C(=O)c2ccc(S(C)(=O)=O)cc2)C1. The number of carbonyl (C=O) groups is 1. The summed E-state index contributed by atoms with van der Waals surface area (Å²) in [6.07, 6.45) is 1.52. The number of hydrogen-bond donors (Lipinski definition) is 1. The molecule has 1 amide bonds. The molecule has 0 spiro atoms. The van der Waals surface area contributed by atoms with Crippen LogP contribution < -0.4 is 0 Å². The van der Waals surface area contributed by atoms with Gasteiger partial charge in [-0.05, 0) is 37.6 Å². The van der Waals surface area contributed by atoms with Gasteiger partial charge in [-0.3, -0.25) is 4.79 Å². The van der Waals surface area contributed by atoms with Crippen molar-refractivity contribution in [3.8, 4) is 0 Å². The van der Waals surface area contributed by atoms with Crippen molar-refractivity contribution in [2.75, 3.05) is 19.3 Å². The molecular formula is C14H19NO4S. The Morgan fingerprint density at radius 2 is 1.95 bits per heavy atom. The molecule has 0 aromatic heterocycles. The molecule has 20 heavy (non-hydrogen) atoms. The molecule has 2 unspecified atom stereocenters. The molecule has 0 radical (unpaired) electrons. The highest BCUT2D eigenvalue weighted by molar-refractivity contribution is 7.90. The maximum atomic E-state index is 12.3.